The number of piperidine rings is 1. The van der Waals surface area contributed by atoms with Gasteiger partial charge in [0.1, 0.15) is 4.75 Å². The Balaban J connectivity index is 2.39. The van der Waals surface area contributed by atoms with Crippen LogP contribution < -0.4 is 0 Å². The molecule has 2 nitrogen and oxygen atoms in total. The molecule has 0 N–H and O–H groups in total. The molecule has 0 amide bonds. The molecule has 0 aromatic carbocycles. The van der Waals surface area contributed by atoms with E-state index in [0.717, 1.165) is 38.9 Å². The molecule has 0 aliphatic carbocycles. The van der Waals surface area contributed by atoms with Crippen LogP contribution in [0.5, 0.6) is 0 Å². The van der Waals surface area contributed by atoms with Crippen LogP contribution in [0.15, 0.2) is 0 Å². The van der Waals surface area contributed by atoms with Crippen LogP contribution in [0.3, 0.4) is 0 Å². The molecule has 76 valence electrons. The fourth-order valence-corrected chi connectivity index (χ4v) is 2.40. The molecule has 0 saturated carbocycles. The molecule has 14 heavy (non-hydrogen) atoms. The van der Waals surface area contributed by atoms with Crippen molar-refractivity contribution >= 4 is 11.8 Å². The molecule has 1 rings (SSSR count). The van der Waals surface area contributed by atoms with Gasteiger partial charge in [0.15, 0.2) is 0 Å². The molecule has 0 spiro atoms. The molecule has 1 aliphatic rings. The zero-order valence-electron chi connectivity index (χ0n) is 8.62. The van der Waals surface area contributed by atoms with Crippen LogP contribution >= 0.6 is 11.8 Å². The van der Waals surface area contributed by atoms with Crippen molar-refractivity contribution in [2.75, 3.05) is 25.9 Å². The fourth-order valence-electron chi connectivity index (χ4n) is 1.72. The van der Waals surface area contributed by atoms with E-state index in [1.54, 1.807) is 11.8 Å². The highest BCUT2D eigenvalue weighted by Crippen LogP contribution is 2.33. The number of likely N-dealkylation sites (tertiary alicyclic amines) is 1. The van der Waals surface area contributed by atoms with Crippen molar-refractivity contribution in [1.29, 1.82) is 5.26 Å². The molecule has 1 heterocycles. The SMILES string of the molecule is C#CCCN1CCC(C#N)(SC)CC1. The lowest BCUT2D eigenvalue weighted by Gasteiger charge is -2.35. The maximum absolute atomic E-state index is 9.08. The summed E-state index contributed by atoms with van der Waals surface area (Å²) in [6, 6.07) is 2.44. The Bertz CT molecular complexity index is 253. The lowest BCUT2D eigenvalue weighted by Crippen LogP contribution is -2.41. The third-order valence-electron chi connectivity index (χ3n) is 2.83. The zero-order valence-corrected chi connectivity index (χ0v) is 9.44. The molecule has 3 heteroatoms. The first-order valence-electron chi connectivity index (χ1n) is 4.88. The highest BCUT2D eigenvalue weighted by Gasteiger charge is 2.33. The van der Waals surface area contributed by atoms with Crippen molar-refractivity contribution in [1.82, 2.24) is 4.90 Å². The van der Waals surface area contributed by atoms with Crippen LogP contribution in [0.25, 0.3) is 0 Å². The van der Waals surface area contributed by atoms with E-state index in [9.17, 15) is 0 Å². The van der Waals surface area contributed by atoms with E-state index >= 15 is 0 Å². The molecule has 0 bridgehead atoms. The van der Waals surface area contributed by atoms with Gasteiger partial charge >= 0.3 is 0 Å². The highest BCUT2D eigenvalue weighted by molar-refractivity contribution is 8.00. The quantitative estimate of drug-likeness (QED) is 0.661. The second kappa shape index (κ2) is 5.29. The predicted octanol–water partition coefficient (Wildman–Crippen LogP) is 1.73. The van der Waals surface area contributed by atoms with Crippen molar-refractivity contribution in [2.45, 2.75) is 24.0 Å². The number of hydrogen-bond acceptors (Lipinski definition) is 3. The summed E-state index contributed by atoms with van der Waals surface area (Å²) in [5.41, 5.74) is 0. The second-order valence-electron chi connectivity index (χ2n) is 3.61. The van der Waals surface area contributed by atoms with Gasteiger partial charge in [-0.15, -0.1) is 24.1 Å². The zero-order chi connectivity index (χ0) is 10.4. The molecule has 0 atom stereocenters. The molecule has 1 saturated heterocycles. The van der Waals surface area contributed by atoms with E-state index in [4.69, 9.17) is 11.7 Å². The lowest BCUT2D eigenvalue weighted by molar-refractivity contribution is 0.222. The maximum atomic E-state index is 9.08. The summed E-state index contributed by atoms with van der Waals surface area (Å²) in [6.45, 7) is 3.00. The Hall–Kier alpha value is -0.640. The first kappa shape index (κ1) is 11.4. The Morgan fingerprint density at radius 3 is 2.57 bits per heavy atom. The first-order valence-corrected chi connectivity index (χ1v) is 6.11. The van der Waals surface area contributed by atoms with Crippen molar-refractivity contribution in [3.63, 3.8) is 0 Å². The summed E-state index contributed by atoms with van der Waals surface area (Å²) in [5.74, 6) is 2.65. The summed E-state index contributed by atoms with van der Waals surface area (Å²) in [7, 11) is 0. The van der Waals surface area contributed by atoms with Crippen LogP contribution in [-0.4, -0.2) is 35.5 Å². The average molecular weight is 208 g/mol. The number of terminal acetylenes is 1. The van der Waals surface area contributed by atoms with Crippen LogP contribution in [0.1, 0.15) is 19.3 Å². The third kappa shape index (κ3) is 2.67. The van der Waals surface area contributed by atoms with Gasteiger partial charge in [0.2, 0.25) is 0 Å². The molecule has 0 unspecified atom stereocenters. The van der Waals surface area contributed by atoms with E-state index in [1.165, 1.54) is 0 Å². The van der Waals surface area contributed by atoms with Gasteiger partial charge in [-0.05, 0) is 19.1 Å². The van der Waals surface area contributed by atoms with E-state index in [2.05, 4.69) is 16.9 Å². The van der Waals surface area contributed by atoms with Crippen molar-refractivity contribution < 1.29 is 0 Å². The minimum Gasteiger partial charge on any atom is -0.302 e. The van der Waals surface area contributed by atoms with Gasteiger partial charge in [0, 0.05) is 26.1 Å². The average Bonchev–Trinajstić information content (AvgIpc) is 2.27. The second-order valence-corrected chi connectivity index (χ2v) is 4.80. The molecular formula is C11H16N2S. The van der Waals surface area contributed by atoms with Gasteiger partial charge in [-0.2, -0.15) is 5.26 Å². The standard InChI is InChI=1S/C11H16N2S/c1-3-4-7-13-8-5-11(10-12,14-2)6-9-13/h1H,4-9H2,2H3. The summed E-state index contributed by atoms with van der Waals surface area (Å²) < 4.78 is -0.132. The molecule has 0 radical (unpaired) electrons. The Labute approximate surface area is 90.7 Å². The van der Waals surface area contributed by atoms with Crippen molar-refractivity contribution in [3.8, 4) is 18.4 Å². The molecule has 0 aromatic rings. The molecular weight excluding hydrogens is 192 g/mol. The van der Waals surface area contributed by atoms with Gasteiger partial charge in [-0.3, -0.25) is 0 Å². The van der Waals surface area contributed by atoms with E-state index in [0.29, 0.717) is 0 Å². The Morgan fingerprint density at radius 2 is 2.14 bits per heavy atom. The number of hydrogen-bond donors (Lipinski definition) is 0. The van der Waals surface area contributed by atoms with Crippen LogP contribution in [0, 0.1) is 23.7 Å². The molecule has 1 aliphatic heterocycles. The lowest BCUT2D eigenvalue weighted by atomic mass is 9.97. The van der Waals surface area contributed by atoms with Crippen LogP contribution in [-0.2, 0) is 0 Å². The summed E-state index contributed by atoms with van der Waals surface area (Å²) in [6.07, 6.45) is 10.00. The van der Waals surface area contributed by atoms with Crippen LogP contribution in [0.2, 0.25) is 0 Å². The number of thioether (sulfide) groups is 1. The van der Waals surface area contributed by atoms with Crippen molar-refractivity contribution in [2.24, 2.45) is 0 Å². The van der Waals surface area contributed by atoms with Crippen molar-refractivity contribution in [3.05, 3.63) is 0 Å². The minimum absolute atomic E-state index is 0.132. The predicted molar refractivity (Wildman–Crippen MR) is 61.0 cm³/mol. The van der Waals surface area contributed by atoms with E-state index in [-0.39, 0.29) is 4.75 Å². The Kier molecular flexibility index (Phi) is 4.32. The van der Waals surface area contributed by atoms with E-state index < -0.39 is 0 Å². The maximum Gasteiger partial charge on any atom is 0.104 e. The van der Waals surface area contributed by atoms with E-state index in [1.807, 2.05) is 6.26 Å². The van der Waals surface area contributed by atoms with Crippen LogP contribution in [0.4, 0.5) is 0 Å². The number of nitrogens with zero attached hydrogens (tertiary/aromatic N) is 2. The Morgan fingerprint density at radius 1 is 1.50 bits per heavy atom. The van der Waals surface area contributed by atoms with Gasteiger partial charge in [-0.1, -0.05) is 0 Å². The topological polar surface area (TPSA) is 27.0 Å². The summed E-state index contributed by atoms with van der Waals surface area (Å²) >= 11 is 1.69. The summed E-state index contributed by atoms with van der Waals surface area (Å²) in [5, 5.41) is 9.08. The first-order chi connectivity index (χ1) is 6.76. The monoisotopic (exact) mass is 208 g/mol. The number of nitriles is 1. The third-order valence-corrected chi connectivity index (χ3v) is 4.11. The smallest absolute Gasteiger partial charge is 0.104 e. The summed E-state index contributed by atoms with van der Waals surface area (Å²) in [4.78, 5) is 2.35. The van der Waals surface area contributed by atoms with Gasteiger partial charge in [-0.25, -0.2) is 0 Å². The fraction of sp³-hybridized carbons (Fsp3) is 0.727. The largest absolute Gasteiger partial charge is 0.302 e. The molecule has 0 aromatic heterocycles. The molecule has 1 fully saturated rings. The van der Waals surface area contributed by atoms with Gasteiger partial charge in [0.05, 0.1) is 6.07 Å². The van der Waals surface area contributed by atoms with Gasteiger partial charge < -0.3 is 4.90 Å². The minimum atomic E-state index is -0.132. The highest BCUT2D eigenvalue weighted by atomic mass is 32.2. The number of rotatable bonds is 3. The normalized spacial score (nSPS) is 21.1. The van der Waals surface area contributed by atoms with Gasteiger partial charge in [0.25, 0.3) is 0 Å².